The first-order valence-electron chi connectivity index (χ1n) is 8.81. The lowest BCUT2D eigenvalue weighted by atomic mass is 10.1. The minimum Gasteiger partial charge on any atom is -0.372 e. The summed E-state index contributed by atoms with van der Waals surface area (Å²) in [7, 11) is 0. The molecule has 0 radical (unpaired) electrons. The van der Waals surface area contributed by atoms with Gasteiger partial charge in [-0.3, -0.25) is 9.59 Å². The maximum absolute atomic E-state index is 12.5. The monoisotopic (exact) mass is 329 g/mol. The summed E-state index contributed by atoms with van der Waals surface area (Å²) in [5, 5.41) is 2.96. The number of amides is 2. The Bertz CT molecular complexity index is 612. The Morgan fingerprint density at radius 2 is 1.75 bits per heavy atom. The summed E-state index contributed by atoms with van der Waals surface area (Å²) in [6.07, 6.45) is 2.80. The van der Waals surface area contributed by atoms with Crippen molar-refractivity contribution in [2.75, 3.05) is 29.9 Å². The number of hydrogen-bond donors (Lipinski definition) is 1. The molecule has 2 saturated heterocycles. The number of carbonyl (C=O) groups excluding carboxylic acids is 2. The van der Waals surface area contributed by atoms with Crippen molar-refractivity contribution in [3.63, 3.8) is 0 Å². The Balaban J connectivity index is 1.60. The van der Waals surface area contributed by atoms with E-state index in [1.807, 2.05) is 32.9 Å². The molecule has 2 aliphatic heterocycles. The molecule has 0 saturated carbocycles. The van der Waals surface area contributed by atoms with Crippen LogP contribution in [-0.4, -0.2) is 41.9 Å². The summed E-state index contributed by atoms with van der Waals surface area (Å²) in [4.78, 5) is 28.8. The fraction of sp³-hybridized carbons (Fsp3) is 0.579. The van der Waals surface area contributed by atoms with Gasteiger partial charge in [-0.25, -0.2) is 0 Å². The molecule has 130 valence electrons. The largest absolute Gasteiger partial charge is 0.372 e. The van der Waals surface area contributed by atoms with E-state index >= 15 is 0 Å². The lowest BCUT2D eigenvalue weighted by molar-refractivity contribution is -0.131. The van der Waals surface area contributed by atoms with E-state index in [2.05, 4.69) is 22.3 Å². The van der Waals surface area contributed by atoms with Crippen LogP contribution in [-0.2, 0) is 9.59 Å². The first-order chi connectivity index (χ1) is 11.3. The van der Waals surface area contributed by atoms with Crippen molar-refractivity contribution in [1.29, 1.82) is 0 Å². The number of rotatable bonds is 3. The number of nitrogens with zero attached hydrogens (tertiary/aromatic N) is 2. The first-order valence-corrected chi connectivity index (χ1v) is 8.81. The van der Waals surface area contributed by atoms with Crippen LogP contribution < -0.4 is 10.2 Å². The molecular weight excluding hydrogens is 302 g/mol. The lowest BCUT2D eigenvalue weighted by Gasteiger charge is -2.31. The van der Waals surface area contributed by atoms with E-state index in [1.54, 1.807) is 4.90 Å². The van der Waals surface area contributed by atoms with Gasteiger partial charge in [-0.15, -0.1) is 0 Å². The molecule has 5 nitrogen and oxygen atoms in total. The Morgan fingerprint density at radius 3 is 2.29 bits per heavy atom. The van der Waals surface area contributed by atoms with Crippen LogP contribution >= 0.6 is 0 Å². The third-order valence-corrected chi connectivity index (χ3v) is 4.91. The molecule has 2 aliphatic rings. The molecule has 0 spiro atoms. The molecule has 0 bridgehead atoms. The molecule has 3 rings (SSSR count). The van der Waals surface area contributed by atoms with Crippen molar-refractivity contribution in [3.05, 3.63) is 24.3 Å². The molecular formula is C19H27N3O2. The zero-order valence-electron chi connectivity index (χ0n) is 14.8. The van der Waals surface area contributed by atoms with Crippen molar-refractivity contribution >= 4 is 23.2 Å². The second-order valence-electron chi connectivity index (χ2n) is 7.81. The van der Waals surface area contributed by atoms with Crippen molar-refractivity contribution in [1.82, 2.24) is 4.90 Å². The Labute approximate surface area is 144 Å². The zero-order valence-corrected chi connectivity index (χ0v) is 14.8. The molecule has 2 fully saturated rings. The van der Waals surface area contributed by atoms with Gasteiger partial charge in [0.15, 0.2) is 0 Å². The van der Waals surface area contributed by atoms with Gasteiger partial charge in [0.25, 0.3) is 0 Å². The SMILES string of the molecule is CC(C)(C)N1C[C@@H](C(=O)Nc2ccc(N3CCCC3)cc2)CC1=O. The number of anilines is 2. The minimum atomic E-state index is -0.269. The highest BCUT2D eigenvalue weighted by Crippen LogP contribution is 2.27. The van der Waals surface area contributed by atoms with Crippen LogP contribution in [0.5, 0.6) is 0 Å². The van der Waals surface area contributed by atoms with Crippen molar-refractivity contribution < 1.29 is 9.59 Å². The Morgan fingerprint density at radius 1 is 1.12 bits per heavy atom. The number of likely N-dealkylation sites (tertiary alicyclic amines) is 1. The van der Waals surface area contributed by atoms with E-state index in [0.717, 1.165) is 18.8 Å². The number of benzene rings is 1. The summed E-state index contributed by atoms with van der Waals surface area (Å²) in [6, 6.07) is 8.01. The van der Waals surface area contributed by atoms with Crippen LogP contribution in [0.2, 0.25) is 0 Å². The molecule has 1 aromatic carbocycles. The van der Waals surface area contributed by atoms with Gasteiger partial charge in [0.2, 0.25) is 11.8 Å². The van der Waals surface area contributed by atoms with Crippen LogP contribution in [0.25, 0.3) is 0 Å². The van der Waals surface area contributed by atoms with Crippen LogP contribution in [0.15, 0.2) is 24.3 Å². The number of carbonyl (C=O) groups is 2. The van der Waals surface area contributed by atoms with Gasteiger partial charge >= 0.3 is 0 Å². The highest BCUT2D eigenvalue weighted by Gasteiger charge is 2.39. The lowest BCUT2D eigenvalue weighted by Crippen LogP contribution is -2.42. The van der Waals surface area contributed by atoms with Crippen LogP contribution in [0, 0.1) is 5.92 Å². The minimum absolute atomic E-state index is 0.0621. The molecule has 5 heteroatoms. The molecule has 0 aliphatic carbocycles. The van der Waals surface area contributed by atoms with E-state index in [1.165, 1.54) is 18.5 Å². The van der Waals surface area contributed by atoms with Crippen LogP contribution in [0.1, 0.15) is 40.0 Å². The zero-order chi connectivity index (χ0) is 17.3. The second-order valence-corrected chi connectivity index (χ2v) is 7.81. The van der Waals surface area contributed by atoms with E-state index < -0.39 is 0 Å². The molecule has 1 atom stereocenters. The first kappa shape index (κ1) is 16.8. The highest BCUT2D eigenvalue weighted by atomic mass is 16.2. The number of nitrogens with one attached hydrogen (secondary N) is 1. The van der Waals surface area contributed by atoms with Crippen molar-refractivity contribution in [3.8, 4) is 0 Å². The quantitative estimate of drug-likeness (QED) is 0.928. The molecule has 24 heavy (non-hydrogen) atoms. The summed E-state index contributed by atoms with van der Waals surface area (Å²) in [5.41, 5.74) is 1.77. The predicted octanol–water partition coefficient (Wildman–Crippen LogP) is 2.87. The topological polar surface area (TPSA) is 52.7 Å². The molecule has 0 unspecified atom stereocenters. The van der Waals surface area contributed by atoms with Gasteiger partial charge in [0.1, 0.15) is 0 Å². The van der Waals surface area contributed by atoms with Gasteiger partial charge in [-0.2, -0.15) is 0 Å². The van der Waals surface area contributed by atoms with Crippen molar-refractivity contribution in [2.24, 2.45) is 5.92 Å². The smallest absolute Gasteiger partial charge is 0.229 e. The fourth-order valence-corrected chi connectivity index (χ4v) is 3.51. The van der Waals surface area contributed by atoms with E-state index in [0.29, 0.717) is 13.0 Å². The van der Waals surface area contributed by atoms with Gasteiger partial charge in [-0.05, 0) is 57.9 Å². The molecule has 2 amide bonds. The van der Waals surface area contributed by atoms with Gasteiger partial charge < -0.3 is 15.1 Å². The van der Waals surface area contributed by atoms with Gasteiger partial charge in [0.05, 0.1) is 5.92 Å². The molecule has 0 aromatic heterocycles. The number of hydrogen-bond acceptors (Lipinski definition) is 3. The Kier molecular flexibility index (Phi) is 4.52. The Hall–Kier alpha value is -2.04. The molecule has 1 N–H and O–H groups in total. The van der Waals surface area contributed by atoms with Crippen LogP contribution in [0.3, 0.4) is 0 Å². The maximum Gasteiger partial charge on any atom is 0.229 e. The van der Waals surface area contributed by atoms with Gasteiger partial charge in [0, 0.05) is 43.0 Å². The van der Waals surface area contributed by atoms with Crippen LogP contribution in [0.4, 0.5) is 11.4 Å². The molecule has 2 heterocycles. The van der Waals surface area contributed by atoms with E-state index in [4.69, 9.17) is 0 Å². The normalized spacial score (nSPS) is 21.5. The average Bonchev–Trinajstić information content (AvgIpc) is 3.16. The van der Waals surface area contributed by atoms with E-state index in [-0.39, 0.29) is 23.3 Å². The molecule has 1 aromatic rings. The standard InChI is InChI=1S/C19H27N3O2/c1-19(2,3)22-13-14(12-17(22)23)18(24)20-15-6-8-16(9-7-15)21-10-4-5-11-21/h6-9,14H,4-5,10-13H2,1-3H3,(H,20,24)/t14-/m0/s1. The second kappa shape index (κ2) is 6.46. The van der Waals surface area contributed by atoms with Crippen molar-refractivity contribution in [2.45, 2.75) is 45.6 Å². The summed E-state index contributed by atoms with van der Waals surface area (Å²) in [6.45, 7) is 8.73. The fourth-order valence-electron chi connectivity index (χ4n) is 3.51. The highest BCUT2D eigenvalue weighted by molar-refractivity contribution is 5.97. The predicted molar refractivity (Wildman–Crippen MR) is 96.1 cm³/mol. The summed E-state index contributed by atoms with van der Waals surface area (Å²) in [5.74, 6) is -0.272. The maximum atomic E-state index is 12.5. The van der Waals surface area contributed by atoms with E-state index in [9.17, 15) is 9.59 Å². The van der Waals surface area contributed by atoms with Gasteiger partial charge in [-0.1, -0.05) is 0 Å². The summed E-state index contributed by atoms with van der Waals surface area (Å²) >= 11 is 0. The third kappa shape index (κ3) is 3.55. The third-order valence-electron chi connectivity index (χ3n) is 4.91. The average molecular weight is 329 g/mol. The summed E-state index contributed by atoms with van der Waals surface area (Å²) < 4.78 is 0.